The molecule has 0 bridgehead atoms. The number of rotatable bonds is 3. The fourth-order valence-corrected chi connectivity index (χ4v) is 3.12. The summed E-state index contributed by atoms with van der Waals surface area (Å²) in [5, 5.41) is 0.426. The number of nitrogens with one attached hydrogen (secondary N) is 1. The Morgan fingerprint density at radius 1 is 1.26 bits per heavy atom. The van der Waals surface area contributed by atoms with Crippen LogP contribution in [0.4, 0.5) is 11.5 Å². The first-order valence-electron chi connectivity index (χ1n) is 5.08. The standard InChI is InChI=1S/C11H9BrClN3O2S/c12-9-2-1-7(13)5-10(9)16-19(17,18)8-3-4-15-11(14)6-8/h1-6,16H,(H2,14,15). The van der Waals surface area contributed by atoms with E-state index in [4.69, 9.17) is 17.3 Å². The molecule has 0 aliphatic carbocycles. The number of sulfonamides is 1. The van der Waals surface area contributed by atoms with Gasteiger partial charge in [0, 0.05) is 21.8 Å². The van der Waals surface area contributed by atoms with Gasteiger partial charge in [-0.05, 0) is 40.2 Å². The highest BCUT2D eigenvalue weighted by molar-refractivity contribution is 9.10. The van der Waals surface area contributed by atoms with Gasteiger partial charge in [-0.25, -0.2) is 13.4 Å². The number of benzene rings is 1. The number of hydrogen-bond acceptors (Lipinski definition) is 4. The van der Waals surface area contributed by atoms with Crippen LogP contribution in [0.15, 0.2) is 45.9 Å². The SMILES string of the molecule is Nc1cc(S(=O)(=O)Nc2cc(Cl)ccc2Br)ccn1. The Balaban J connectivity index is 2.39. The van der Waals surface area contributed by atoms with E-state index in [1.165, 1.54) is 24.4 Å². The molecule has 100 valence electrons. The van der Waals surface area contributed by atoms with Crippen molar-refractivity contribution in [3.8, 4) is 0 Å². The van der Waals surface area contributed by atoms with Crippen LogP contribution in [-0.2, 0) is 10.0 Å². The van der Waals surface area contributed by atoms with Gasteiger partial charge >= 0.3 is 0 Å². The molecule has 0 radical (unpaired) electrons. The smallest absolute Gasteiger partial charge is 0.262 e. The normalized spacial score (nSPS) is 11.3. The maximum Gasteiger partial charge on any atom is 0.262 e. The summed E-state index contributed by atoms with van der Waals surface area (Å²) in [5.41, 5.74) is 5.82. The van der Waals surface area contributed by atoms with Crippen molar-refractivity contribution in [2.24, 2.45) is 0 Å². The molecule has 2 rings (SSSR count). The minimum absolute atomic E-state index is 0.0341. The third kappa shape index (κ3) is 3.37. The van der Waals surface area contributed by atoms with Crippen molar-refractivity contribution in [1.82, 2.24) is 4.98 Å². The number of nitrogens with two attached hydrogens (primary N) is 1. The highest BCUT2D eigenvalue weighted by atomic mass is 79.9. The molecular weight excluding hydrogens is 354 g/mol. The van der Waals surface area contributed by atoms with Crippen molar-refractivity contribution in [3.05, 3.63) is 46.0 Å². The summed E-state index contributed by atoms with van der Waals surface area (Å²) in [6, 6.07) is 7.45. The van der Waals surface area contributed by atoms with E-state index in [0.717, 1.165) is 0 Å². The molecule has 0 atom stereocenters. The Bertz CT molecular complexity index is 722. The zero-order valence-corrected chi connectivity index (χ0v) is 12.6. The van der Waals surface area contributed by atoms with Crippen LogP contribution in [0.25, 0.3) is 0 Å². The zero-order valence-electron chi connectivity index (χ0n) is 9.47. The van der Waals surface area contributed by atoms with Gasteiger partial charge in [0.05, 0.1) is 10.6 Å². The molecule has 0 saturated heterocycles. The molecule has 0 spiro atoms. The van der Waals surface area contributed by atoms with Gasteiger partial charge in [0.2, 0.25) is 0 Å². The second-order valence-corrected chi connectivity index (χ2v) is 6.62. The number of nitrogens with zero attached hydrogens (tertiary/aromatic N) is 1. The molecule has 0 fully saturated rings. The fraction of sp³-hybridized carbons (Fsp3) is 0. The lowest BCUT2D eigenvalue weighted by Crippen LogP contribution is -2.13. The third-order valence-electron chi connectivity index (χ3n) is 2.24. The Morgan fingerprint density at radius 2 is 2.00 bits per heavy atom. The van der Waals surface area contributed by atoms with Crippen LogP contribution in [0.2, 0.25) is 5.02 Å². The second-order valence-electron chi connectivity index (χ2n) is 3.65. The molecule has 0 amide bonds. The van der Waals surface area contributed by atoms with Gasteiger partial charge in [0.1, 0.15) is 5.82 Å². The first-order chi connectivity index (χ1) is 8.88. The molecule has 8 heteroatoms. The lowest BCUT2D eigenvalue weighted by Gasteiger charge is -2.10. The van der Waals surface area contributed by atoms with Gasteiger partial charge in [-0.3, -0.25) is 4.72 Å². The molecule has 2 aromatic rings. The molecule has 0 aliphatic rings. The van der Waals surface area contributed by atoms with Crippen LogP contribution in [0, 0.1) is 0 Å². The van der Waals surface area contributed by atoms with E-state index < -0.39 is 10.0 Å². The van der Waals surface area contributed by atoms with Crippen molar-refractivity contribution in [2.45, 2.75) is 4.90 Å². The Hall–Kier alpha value is -1.31. The summed E-state index contributed by atoms with van der Waals surface area (Å²) in [6.07, 6.45) is 1.33. The van der Waals surface area contributed by atoms with Gasteiger partial charge in [0.15, 0.2) is 0 Å². The molecule has 0 saturated carbocycles. The van der Waals surface area contributed by atoms with Gasteiger partial charge in [-0.15, -0.1) is 0 Å². The average molecular weight is 363 g/mol. The summed E-state index contributed by atoms with van der Waals surface area (Å²) in [4.78, 5) is 3.78. The highest BCUT2D eigenvalue weighted by Crippen LogP contribution is 2.28. The number of halogens is 2. The maximum atomic E-state index is 12.2. The maximum absolute atomic E-state index is 12.2. The first-order valence-corrected chi connectivity index (χ1v) is 7.73. The number of anilines is 2. The summed E-state index contributed by atoms with van der Waals surface area (Å²) < 4.78 is 27.3. The lowest BCUT2D eigenvalue weighted by atomic mass is 10.3. The Kier molecular flexibility index (Phi) is 3.98. The number of hydrogen-bond donors (Lipinski definition) is 2. The van der Waals surface area contributed by atoms with Crippen LogP contribution >= 0.6 is 27.5 Å². The predicted octanol–water partition coefficient (Wildman–Crippen LogP) is 2.88. The number of aromatic nitrogens is 1. The van der Waals surface area contributed by atoms with Crippen LogP contribution in [0.5, 0.6) is 0 Å². The van der Waals surface area contributed by atoms with E-state index in [9.17, 15) is 8.42 Å². The summed E-state index contributed by atoms with van der Waals surface area (Å²) >= 11 is 9.08. The van der Waals surface area contributed by atoms with Crippen molar-refractivity contribution in [3.63, 3.8) is 0 Å². The molecule has 0 aliphatic heterocycles. The summed E-state index contributed by atoms with van der Waals surface area (Å²) in [6.45, 7) is 0. The van der Waals surface area contributed by atoms with E-state index in [1.54, 1.807) is 12.1 Å². The zero-order chi connectivity index (χ0) is 14.0. The number of pyridine rings is 1. The van der Waals surface area contributed by atoms with E-state index >= 15 is 0 Å². The summed E-state index contributed by atoms with van der Waals surface area (Å²) in [5.74, 6) is 0.132. The van der Waals surface area contributed by atoms with Crippen molar-refractivity contribution in [2.75, 3.05) is 10.5 Å². The van der Waals surface area contributed by atoms with Crippen molar-refractivity contribution < 1.29 is 8.42 Å². The van der Waals surface area contributed by atoms with E-state index in [1.807, 2.05) is 0 Å². The monoisotopic (exact) mass is 361 g/mol. The largest absolute Gasteiger partial charge is 0.384 e. The molecule has 1 heterocycles. The van der Waals surface area contributed by atoms with E-state index in [0.29, 0.717) is 15.2 Å². The second kappa shape index (κ2) is 5.36. The predicted molar refractivity (Wildman–Crippen MR) is 78.6 cm³/mol. The highest BCUT2D eigenvalue weighted by Gasteiger charge is 2.16. The van der Waals surface area contributed by atoms with Crippen LogP contribution in [-0.4, -0.2) is 13.4 Å². The molecule has 3 N–H and O–H groups in total. The van der Waals surface area contributed by atoms with Crippen molar-refractivity contribution >= 4 is 49.1 Å². The molecular formula is C11H9BrClN3O2S. The van der Waals surface area contributed by atoms with E-state index in [2.05, 4.69) is 25.6 Å². The molecule has 0 unspecified atom stereocenters. The summed E-state index contributed by atoms with van der Waals surface area (Å²) in [7, 11) is -3.73. The van der Waals surface area contributed by atoms with Gasteiger partial charge in [-0.2, -0.15) is 0 Å². The van der Waals surface area contributed by atoms with Crippen LogP contribution in [0.1, 0.15) is 0 Å². The van der Waals surface area contributed by atoms with Crippen LogP contribution < -0.4 is 10.5 Å². The molecule has 5 nitrogen and oxygen atoms in total. The lowest BCUT2D eigenvalue weighted by molar-refractivity contribution is 0.601. The minimum atomic E-state index is -3.73. The minimum Gasteiger partial charge on any atom is -0.384 e. The Morgan fingerprint density at radius 3 is 2.68 bits per heavy atom. The van der Waals surface area contributed by atoms with E-state index in [-0.39, 0.29) is 10.7 Å². The Labute approximate surface area is 124 Å². The quantitative estimate of drug-likeness (QED) is 0.879. The molecule has 1 aromatic heterocycles. The number of nitrogen functional groups attached to an aromatic ring is 1. The van der Waals surface area contributed by atoms with Gasteiger partial charge in [0.25, 0.3) is 10.0 Å². The fourth-order valence-electron chi connectivity index (χ4n) is 1.37. The van der Waals surface area contributed by atoms with Crippen LogP contribution in [0.3, 0.4) is 0 Å². The van der Waals surface area contributed by atoms with Crippen molar-refractivity contribution in [1.29, 1.82) is 0 Å². The van der Waals surface area contributed by atoms with Gasteiger partial charge < -0.3 is 5.73 Å². The topological polar surface area (TPSA) is 85.1 Å². The molecule has 1 aromatic carbocycles. The third-order valence-corrected chi connectivity index (χ3v) is 4.53. The first kappa shape index (κ1) is 14.1. The average Bonchev–Trinajstić information content (AvgIpc) is 2.33. The molecule has 19 heavy (non-hydrogen) atoms. The van der Waals surface area contributed by atoms with Gasteiger partial charge in [-0.1, -0.05) is 11.6 Å².